The maximum absolute atomic E-state index is 8.35. The van der Waals surface area contributed by atoms with E-state index in [4.69, 9.17) is 10.2 Å². The number of nitrogens with one attached hydrogen (secondary N) is 1. The predicted molar refractivity (Wildman–Crippen MR) is 37.9 cm³/mol. The average molecular weight is 149 g/mol. The zero-order valence-electron chi connectivity index (χ0n) is 4.35. The molecule has 1 aliphatic rings. The fourth-order valence-corrected chi connectivity index (χ4v) is 2.65. The summed E-state index contributed by atoms with van der Waals surface area (Å²) in [5, 5.41) is 5.40. The minimum Gasteiger partial charge on any atom is -0.222 e. The van der Waals surface area contributed by atoms with Gasteiger partial charge >= 0.3 is 0 Å². The van der Waals surface area contributed by atoms with E-state index in [1.54, 1.807) is 0 Å². The van der Waals surface area contributed by atoms with Crippen LogP contribution in [0.2, 0.25) is 0 Å². The highest BCUT2D eigenvalue weighted by atomic mass is 33.1. The normalized spacial score (nSPS) is 16.0. The van der Waals surface area contributed by atoms with Gasteiger partial charge in [0.1, 0.15) is 0 Å². The van der Waals surface area contributed by atoms with Crippen LogP contribution < -0.4 is 0 Å². The summed E-state index contributed by atoms with van der Waals surface area (Å²) in [6.07, 6.45) is 2.18. The fourth-order valence-electron chi connectivity index (χ4n) is 0.295. The van der Waals surface area contributed by atoms with Gasteiger partial charge in [-0.3, -0.25) is 0 Å². The van der Waals surface area contributed by atoms with E-state index in [1.165, 1.54) is 17.9 Å². The van der Waals surface area contributed by atoms with Crippen molar-refractivity contribution in [3.8, 4) is 0 Å². The van der Waals surface area contributed by atoms with Gasteiger partial charge in [0.15, 0.2) is 0 Å². The van der Waals surface area contributed by atoms with Crippen molar-refractivity contribution in [3.05, 3.63) is 0 Å². The third kappa shape index (κ3) is 6.08. The van der Waals surface area contributed by atoms with E-state index >= 15 is 0 Å². The van der Waals surface area contributed by atoms with Crippen LogP contribution in [0.3, 0.4) is 0 Å². The van der Waals surface area contributed by atoms with Crippen molar-refractivity contribution in [2.24, 2.45) is 0 Å². The minimum atomic E-state index is 0.750. The quantitative estimate of drug-likeness (QED) is 0.323. The molecule has 0 radical (unpaired) electrons. The molecule has 1 heterocycles. The molecule has 1 fully saturated rings. The van der Waals surface area contributed by atoms with Gasteiger partial charge in [0.2, 0.25) is 6.08 Å². The Morgan fingerprint density at radius 1 is 1.38 bits per heavy atom. The molecule has 1 saturated heterocycles. The van der Waals surface area contributed by atoms with E-state index in [-0.39, 0.29) is 0 Å². The van der Waals surface area contributed by atoms with Gasteiger partial charge in [-0.15, -0.1) is 0 Å². The van der Waals surface area contributed by atoms with Crippen LogP contribution >= 0.6 is 21.6 Å². The highest BCUT2D eigenvalue weighted by Gasteiger charge is 1.96. The summed E-state index contributed by atoms with van der Waals surface area (Å²) in [6.45, 7) is 0. The summed E-state index contributed by atoms with van der Waals surface area (Å²) in [7, 11) is 3.98. The fraction of sp³-hybridized carbons (Fsp3) is 0.750. The summed E-state index contributed by atoms with van der Waals surface area (Å²) in [5.74, 6) is 2.76. The zero-order chi connectivity index (χ0) is 6.24. The molecule has 0 aromatic rings. The van der Waals surface area contributed by atoms with Crippen LogP contribution in [0.1, 0.15) is 6.42 Å². The first kappa shape index (κ1) is 8.08. The van der Waals surface area contributed by atoms with E-state index in [9.17, 15) is 0 Å². The molecule has 0 saturated carbocycles. The van der Waals surface area contributed by atoms with Crippen LogP contribution in [-0.4, -0.2) is 17.6 Å². The monoisotopic (exact) mass is 149 g/mol. The minimum absolute atomic E-state index is 0.750. The molecule has 0 unspecified atom stereocenters. The average Bonchev–Trinajstić information content (AvgIpc) is 2.17. The molecule has 0 aromatic carbocycles. The largest absolute Gasteiger partial charge is 0.231 e. The Labute approximate surface area is 56.3 Å². The van der Waals surface area contributed by atoms with Crippen molar-refractivity contribution in [1.29, 1.82) is 5.41 Å². The molecule has 0 amide bonds. The molecular weight excluding hydrogens is 142 g/mol. The van der Waals surface area contributed by atoms with Crippen LogP contribution in [-0.2, 0) is 4.79 Å². The van der Waals surface area contributed by atoms with Gasteiger partial charge in [0.25, 0.3) is 0 Å². The summed E-state index contributed by atoms with van der Waals surface area (Å²) < 4.78 is 0. The van der Waals surface area contributed by atoms with E-state index in [1.807, 2.05) is 21.6 Å². The van der Waals surface area contributed by atoms with E-state index in [0.717, 1.165) is 6.08 Å². The standard InChI is InChI=1S/C3H6S2.CHNO/c1-2-4-5-3-1;2-1-3/h1-3H2;2H. The molecule has 0 aliphatic carbocycles. The third-order valence-corrected chi connectivity index (χ3v) is 3.12. The van der Waals surface area contributed by atoms with Gasteiger partial charge < -0.3 is 0 Å². The summed E-state index contributed by atoms with van der Waals surface area (Å²) in [4.78, 5) is 8.35. The second kappa shape index (κ2) is 7.08. The Morgan fingerprint density at radius 3 is 1.88 bits per heavy atom. The Kier molecular flexibility index (Phi) is 7.15. The Balaban J connectivity index is 0.000000145. The van der Waals surface area contributed by atoms with Crippen molar-refractivity contribution in [1.82, 2.24) is 0 Å². The topological polar surface area (TPSA) is 40.9 Å². The zero-order valence-corrected chi connectivity index (χ0v) is 5.98. The van der Waals surface area contributed by atoms with Crippen LogP contribution in [0.15, 0.2) is 0 Å². The van der Waals surface area contributed by atoms with E-state index in [2.05, 4.69) is 0 Å². The lowest BCUT2D eigenvalue weighted by atomic mass is 10.6. The predicted octanol–water partition coefficient (Wildman–Crippen LogP) is 1.67. The molecule has 0 atom stereocenters. The van der Waals surface area contributed by atoms with Crippen molar-refractivity contribution >= 4 is 27.7 Å². The van der Waals surface area contributed by atoms with Crippen LogP contribution in [0, 0.1) is 5.41 Å². The molecule has 8 heavy (non-hydrogen) atoms. The first-order valence-electron chi connectivity index (χ1n) is 2.20. The third-order valence-electron chi connectivity index (χ3n) is 0.539. The van der Waals surface area contributed by atoms with Gasteiger partial charge in [-0.25, -0.2) is 10.2 Å². The lowest BCUT2D eigenvalue weighted by Gasteiger charge is -1.69. The molecule has 46 valence electrons. The molecule has 0 spiro atoms. The lowest BCUT2D eigenvalue weighted by molar-refractivity contribution is 0.563. The molecule has 1 aliphatic heterocycles. The number of carbonyl (C=O) groups excluding carboxylic acids is 1. The second-order valence-electron chi connectivity index (χ2n) is 1.10. The molecule has 2 nitrogen and oxygen atoms in total. The maximum Gasteiger partial charge on any atom is 0.231 e. The van der Waals surface area contributed by atoms with Crippen LogP contribution in [0.4, 0.5) is 0 Å². The number of hydrogen-bond donors (Lipinski definition) is 1. The number of rotatable bonds is 0. The summed E-state index contributed by atoms with van der Waals surface area (Å²) >= 11 is 0. The summed E-state index contributed by atoms with van der Waals surface area (Å²) in [6, 6.07) is 0. The van der Waals surface area contributed by atoms with Crippen LogP contribution in [0.25, 0.3) is 0 Å². The first-order valence-corrected chi connectivity index (χ1v) is 4.69. The van der Waals surface area contributed by atoms with Crippen molar-refractivity contribution in [2.75, 3.05) is 11.5 Å². The Morgan fingerprint density at radius 2 is 1.75 bits per heavy atom. The maximum atomic E-state index is 8.35. The van der Waals surface area contributed by atoms with Gasteiger partial charge in [0, 0.05) is 11.5 Å². The van der Waals surface area contributed by atoms with Crippen LogP contribution in [0.5, 0.6) is 0 Å². The smallest absolute Gasteiger partial charge is 0.222 e. The van der Waals surface area contributed by atoms with Gasteiger partial charge in [-0.2, -0.15) is 0 Å². The van der Waals surface area contributed by atoms with Crippen molar-refractivity contribution in [2.45, 2.75) is 6.42 Å². The number of isocyanates is 1. The summed E-state index contributed by atoms with van der Waals surface area (Å²) in [5.41, 5.74) is 0. The highest BCUT2D eigenvalue weighted by molar-refractivity contribution is 8.77. The number of hydrogen-bond acceptors (Lipinski definition) is 4. The first-order chi connectivity index (χ1) is 3.91. The highest BCUT2D eigenvalue weighted by Crippen LogP contribution is 2.29. The second-order valence-corrected chi connectivity index (χ2v) is 3.80. The van der Waals surface area contributed by atoms with Crippen molar-refractivity contribution in [3.63, 3.8) is 0 Å². The van der Waals surface area contributed by atoms with E-state index in [0.29, 0.717) is 0 Å². The Bertz CT molecular complexity index is 68.5. The van der Waals surface area contributed by atoms with Crippen molar-refractivity contribution < 1.29 is 4.79 Å². The van der Waals surface area contributed by atoms with Gasteiger partial charge in [0.05, 0.1) is 0 Å². The molecular formula is C4H7NOS2. The molecule has 0 aromatic heterocycles. The van der Waals surface area contributed by atoms with Gasteiger partial charge in [-0.05, 0) is 6.42 Å². The lowest BCUT2D eigenvalue weighted by Crippen LogP contribution is -1.63. The molecule has 0 bridgehead atoms. The Hall–Kier alpha value is 0.0800. The molecule has 1 N–H and O–H groups in total. The molecule has 1 rings (SSSR count). The van der Waals surface area contributed by atoms with E-state index < -0.39 is 0 Å². The SMILES string of the molecule is C1CSSC1.N=C=O. The molecule has 4 heteroatoms. The van der Waals surface area contributed by atoms with Gasteiger partial charge in [-0.1, -0.05) is 21.6 Å².